The fourth-order valence-electron chi connectivity index (χ4n) is 5.48. The second kappa shape index (κ2) is 19.3. The predicted molar refractivity (Wildman–Crippen MR) is 210 cm³/mol. The maximum Gasteiger partial charge on any atom is 0.269 e. The molecule has 0 N–H and O–H groups in total. The molecule has 0 unspecified atom stereocenters. The molecule has 2 amide bonds. The zero-order chi connectivity index (χ0) is 39.5. The minimum Gasteiger partial charge on any atom is -0.457 e. The van der Waals surface area contributed by atoms with Gasteiger partial charge in [0.1, 0.15) is 23.0 Å². The third kappa shape index (κ3) is 11.8. The number of hydrogen-bond acceptors (Lipinski definition) is 8. The number of rotatable bonds is 17. The monoisotopic (exact) mass is 824 g/mol. The Hall–Kier alpha value is -5.40. The Balaban J connectivity index is 1.25. The number of carbonyl (C=O) groups excluding carboxylic acids is 2. The number of non-ortho nitro benzene ring substituents is 2. The van der Waals surface area contributed by atoms with E-state index in [9.17, 15) is 29.8 Å². The van der Waals surface area contributed by atoms with E-state index in [0.29, 0.717) is 29.4 Å². The number of halogens is 4. The van der Waals surface area contributed by atoms with E-state index in [4.69, 9.17) is 55.9 Å². The summed E-state index contributed by atoms with van der Waals surface area (Å²) < 4.78 is 11.6. The van der Waals surface area contributed by atoms with Crippen molar-refractivity contribution in [3.8, 4) is 23.0 Å². The molecule has 0 aromatic heterocycles. The SMILES string of the molecule is O=C(C(Cl)Cl)N(CCc1ccccc1CN(Cc1ccc(Oc2ccc([N+](=O)[O-])cc2)cc1)C(=O)C(Cl)Cl)Cc1ccc(Oc2ccc([N+](=O)[O-])cc2)cc1. The van der Waals surface area contributed by atoms with Crippen LogP contribution in [0.25, 0.3) is 0 Å². The molecule has 0 aliphatic heterocycles. The van der Waals surface area contributed by atoms with E-state index >= 15 is 0 Å². The van der Waals surface area contributed by atoms with Gasteiger partial charge in [0.25, 0.3) is 23.2 Å². The van der Waals surface area contributed by atoms with Crippen LogP contribution >= 0.6 is 46.4 Å². The van der Waals surface area contributed by atoms with Crippen LogP contribution in [0.4, 0.5) is 11.4 Å². The molecule has 5 rings (SSSR count). The zero-order valence-electron chi connectivity index (χ0n) is 28.8. The van der Waals surface area contributed by atoms with Gasteiger partial charge in [-0.15, -0.1) is 0 Å². The number of amides is 2. The topological polar surface area (TPSA) is 145 Å². The fraction of sp³-hybridized carbons (Fsp3) is 0.179. The number of alkyl halides is 4. The van der Waals surface area contributed by atoms with Gasteiger partial charge in [-0.25, -0.2) is 0 Å². The van der Waals surface area contributed by atoms with Crippen LogP contribution in [0, 0.1) is 20.2 Å². The molecule has 0 bridgehead atoms. The lowest BCUT2D eigenvalue weighted by molar-refractivity contribution is -0.385. The van der Waals surface area contributed by atoms with Gasteiger partial charge in [-0.3, -0.25) is 29.8 Å². The van der Waals surface area contributed by atoms with Crippen LogP contribution < -0.4 is 9.47 Å². The number of nitro groups is 2. The van der Waals surface area contributed by atoms with Gasteiger partial charge in [-0.1, -0.05) is 94.9 Å². The van der Waals surface area contributed by atoms with E-state index in [2.05, 4.69) is 0 Å². The summed E-state index contributed by atoms with van der Waals surface area (Å²) >= 11 is 24.2. The molecule has 0 radical (unpaired) electrons. The Morgan fingerprint density at radius 2 is 0.891 bits per heavy atom. The molecule has 0 saturated carbocycles. The standard InChI is InChI=1S/C39H32Cl4N4O8/c40-36(41)38(48)44(23-26-5-13-32(14-6-26)54-34-17-9-30(10-18-34)46(50)51)22-21-28-3-1-2-4-29(28)25-45(39(49)37(42)43)24-27-7-15-33(16-8-27)55-35-19-11-31(12-20-35)47(52)53/h1-20,36-37H,21-25H2. The highest BCUT2D eigenvalue weighted by atomic mass is 35.5. The van der Waals surface area contributed by atoms with E-state index in [1.807, 2.05) is 24.3 Å². The molecule has 0 atom stereocenters. The molecule has 16 heteroatoms. The van der Waals surface area contributed by atoms with Crippen molar-refractivity contribution in [2.45, 2.75) is 35.7 Å². The molecule has 0 spiro atoms. The van der Waals surface area contributed by atoms with Gasteiger partial charge in [-0.05, 0) is 77.2 Å². The van der Waals surface area contributed by atoms with Gasteiger partial charge in [0, 0.05) is 50.4 Å². The molecule has 0 saturated heterocycles. The maximum absolute atomic E-state index is 13.2. The minimum atomic E-state index is -1.31. The fourth-order valence-corrected chi connectivity index (χ4v) is 6.03. The van der Waals surface area contributed by atoms with Crippen LogP contribution in [-0.4, -0.2) is 47.7 Å². The van der Waals surface area contributed by atoms with E-state index in [0.717, 1.165) is 22.3 Å². The summed E-state index contributed by atoms with van der Waals surface area (Å²) in [4.78, 5) is 47.7. The molecule has 12 nitrogen and oxygen atoms in total. The Bertz CT molecular complexity index is 2100. The first-order valence-corrected chi connectivity index (χ1v) is 18.3. The number of benzene rings is 5. The highest BCUT2D eigenvalue weighted by Crippen LogP contribution is 2.27. The van der Waals surface area contributed by atoms with E-state index in [1.165, 1.54) is 53.4 Å². The predicted octanol–water partition coefficient (Wildman–Crippen LogP) is 9.80. The molecule has 0 aliphatic rings. The first-order chi connectivity index (χ1) is 26.4. The van der Waals surface area contributed by atoms with Crippen molar-refractivity contribution in [1.29, 1.82) is 0 Å². The van der Waals surface area contributed by atoms with Gasteiger partial charge in [-0.2, -0.15) is 0 Å². The minimum absolute atomic E-state index is 0.0465. The van der Waals surface area contributed by atoms with E-state index < -0.39 is 31.3 Å². The summed E-state index contributed by atoms with van der Waals surface area (Å²) in [6.45, 7) is 0.799. The molecule has 5 aromatic carbocycles. The Kier molecular flexibility index (Phi) is 14.3. The lowest BCUT2D eigenvalue weighted by Crippen LogP contribution is -2.36. The van der Waals surface area contributed by atoms with Gasteiger partial charge in [0.15, 0.2) is 9.67 Å². The van der Waals surface area contributed by atoms with Gasteiger partial charge < -0.3 is 19.3 Å². The van der Waals surface area contributed by atoms with Crippen LogP contribution in [0.2, 0.25) is 0 Å². The van der Waals surface area contributed by atoms with Crippen molar-refractivity contribution in [2.75, 3.05) is 6.54 Å². The lowest BCUT2D eigenvalue weighted by Gasteiger charge is -2.26. The summed E-state index contributed by atoms with van der Waals surface area (Å²) in [5.74, 6) is 0.884. The van der Waals surface area contributed by atoms with Crippen molar-refractivity contribution >= 4 is 69.6 Å². The van der Waals surface area contributed by atoms with Gasteiger partial charge in [0.05, 0.1) is 9.85 Å². The quantitative estimate of drug-likeness (QED) is 0.0512. The van der Waals surface area contributed by atoms with Crippen LogP contribution in [0.15, 0.2) is 121 Å². The van der Waals surface area contributed by atoms with Crippen LogP contribution in [0.5, 0.6) is 23.0 Å². The molecule has 5 aromatic rings. The summed E-state index contributed by atoms with van der Waals surface area (Å²) in [5, 5.41) is 21.9. The molecule has 284 valence electrons. The largest absolute Gasteiger partial charge is 0.457 e. The second-order valence-electron chi connectivity index (χ2n) is 12.1. The summed E-state index contributed by atoms with van der Waals surface area (Å²) in [7, 11) is 0. The van der Waals surface area contributed by atoms with Crippen LogP contribution in [0.1, 0.15) is 22.3 Å². The third-order valence-electron chi connectivity index (χ3n) is 8.29. The number of carbonyl (C=O) groups is 2. The van der Waals surface area contributed by atoms with Crippen molar-refractivity contribution < 1.29 is 28.9 Å². The highest BCUT2D eigenvalue weighted by Gasteiger charge is 2.24. The van der Waals surface area contributed by atoms with Crippen LogP contribution in [-0.2, 0) is 35.6 Å². The number of hydrogen-bond donors (Lipinski definition) is 0. The first-order valence-electron chi connectivity index (χ1n) is 16.6. The highest BCUT2D eigenvalue weighted by molar-refractivity contribution is 6.53. The molecular weight excluding hydrogens is 794 g/mol. The summed E-state index contributed by atoms with van der Waals surface area (Å²) in [5.41, 5.74) is 3.15. The van der Waals surface area contributed by atoms with Crippen LogP contribution in [0.3, 0.4) is 0 Å². The Labute approximate surface area is 336 Å². The van der Waals surface area contributed by atoms with E-state index in [1.54, 1.807) is 53.4 Å². The molecule has 0 heterocycles. The summed E-state index contributed by atoms with van der Waals surface area (Å²) in [6.07, 6.45) is 0.408. The van der Waals surface area contributed by atoms with Crippen molar-refractivity contribution in [3.05, 3.63) is 164 Å². The first kappa shape index (κ1) is 40.8. The normalized spacial score (nSPS) is 10.9. The number of ether oxygens (including phenoxy) is 2. The molecular formula is C39H32Cl4N4O8. The number of nitrogens with zero attached hydrogens (tertiary/aromatic N) is 4. The Morgan fingerprint density at radius 1 is 0.527 bits per heavy atom. The molecule has 0 aliphatic carbocycles. The second-order valence-corrected chi connectivity index (χ2v) is 14.3. The zero-order valence-corrected chi connectivity index (χ0v) is 31.8. The molecule has 55 heavy (non-hydrogen) atoms. The Morgan fingerprint density at radius 3 is 1.29 bits per heavy atom. The summed E-state index contributed by atoms with van der Waals surface area (Å²) in [6, 6.07) is 33.0. The van der Waals surface area contributed by atoms with Crippen molar-refractivity contribution in [3.63, 3.8) is 0 Å². The van der Waals surface area contributed by atoms with E-state index in [-0.39, 0.29) is 37.6 Å². The molecule has 0 fully saturated rings. The average Bonchev–Trinajstić information content (AvgIpc) is 3.17. The van der Waals surface area contributed by atoms with Gasteiger partial charge >= 0.3 is 0 Å². The maximum atomic E-state index is 13.2. The third-order valence-corrected chi connectivity index (χ3v) is 9.03. The lowest BCUT2D eigenvalue weighted by atomic mass is 10.0. The average molecular weight is 827 g/mol. The smallest absolute Gasteiger partial charge is 0.269 e. The van der Waals surface area contributed by atoms with Gasteiger partial charge in [0.2, 0.25) is 0 Å². The van der Waals surface area contributed by atoms with Crippen molar-refractivity contribution in [2.24, 2.45) is 0 Å². The number of nitro benzene ring substituents is 2. The van der Waals surface area contributed by atoms with Crippen molar-refractivity contribution in [1.82, 2.24) is 9.80 Å².